The zero-order chi connectivity index (χ0) is 42.5. The lowest BCUT2D eigenvalue weighted by Gasteiger charge is -2.18. The van der Waals surface area contributed by atoms with Crippen LogP contribution in [-0.4, -0.2) is 41.0 Å². The van der Waals surface area contributed by atoms with E-state index in [4.69, 9.17) is 19.3 Å². The van der Waals surface area contributed by atoms with Crippen LogP contribution in [0.2, 0.25) is 0 Å². The fraction of sp³-hybridized carbons (Fsp3) is 0.796. The molecule has 0 amide bonds. The molecule has 1 atom stereocenters. The molecule has 9 heteroatoms. The third kappa shape index (κ3) is 46.7. The number of esters is 2. The molecule has 338 valence electrons. The van der Waals surface area contributed by atoms with Gasteiger partial charge < -0.3 is 19.3 Å². The fourth-order valence-corrected chi connectivity index (χ4v) is 7.20. The number of rotatable bonds is 44. The molecule has 0 aromatic heterocycles. The monoisotopic (exact) mass is 837 g/mol. The Morgan fingerprint density at radius 3 is 1.24 bits per heavy atom. The molecule has 0 aromatic carbocycles. The molecule has 0 heterocycles. The van der Waals surface area contributed by atoms with Gasteiger partial charge in [0.25, 0.3) is 0 Å². The molecule has 2 N–H and O–H groups in total. The number of allylic oxidation sites excluding steroid dienone is 8. The molecular formula is C49H89O8P. The van der Waals surface area contributed by atoms with Crippen LogP contribution in [0.3, 0.4) is 0 Å². The van der Waals surface area contributed by atoms with Gasteiger partial charge in [0.15, 0.2) is 6.10 Å². The van der Waals surface area contributed by atoms with Crippen LogP contribution in [0.15, 0.2) is 48.6 Å². The summed E-state index contributed by atoms with van der Waals surface area (Å²) in [6, 6.07) is 0. The molecule has 0 aliphatic rings. The number of phosphoric ester groups is 1. The predicted octanol–water partition coefficient (Wildman–Crippen LogP) is 15.1. The summed E-state index contributed by atoms with van der Waals surface area (Å²) in [5, 5.41) is 0. The van der Waals surface area contributed by atoms with Crippen molar-refractivity contribution in [2.24, 2.45) is 0 Å². The van der Waals surface area contributed by atoms with Crippen molar-refractivity contribution in [3.05, 3.63) is 48.6 Å². The number of hydrogen-bond acceptors (Lipinski definition) is 6. The van der Waals surface area contributed by atoms with Crippen molar-refractivity contribution in [3.8, 4) is 0 Å². The fourth-order valence-electron chi connectivity index (χ4n) is 6.84. The number of hydrogen-bond donors (Lipinski definition) is 2. The van der Waals surface area contributed by atoms with Gasteiger partial charge in [-0.2, -0.15) is 0 Å². The first kappa shape index (κ1) is 56.0. The van der Waals surface area contributed by atoms with Gasteiger partial charge in [0, 0.05) is 12.8 Å². The second kappa shape index (κ2) is 44.6. The van der Waals surface area contributed by atoms with Crippen molar-refractivity contribution in [2.45, 2.75) is 238 Å². The minimum Gasteiger partial charge on any atom is -0.462 e. The van der Waals surface area contributed by atoms with Crippen LogP contribution in [0.5, 0.6) is 0 Å². The number of carbonyl (C=O) groups is 2. The minimum atomic E-state index is -4.76. The lowest BCUT2D eigenvalue weighted by Crippen LogP contribution is -2.29. The smallest absolute Gasteiger partial charge is 0.462 e. The van der Waals surface area contributed by atoms with E-state index >= 15 is 0 Å². The molecular weight excluding hydrogens is 748 g/mol. The maximum absolute atomic E-state index is 12.4. The highest BCUT2D eigenvalue weighted by Gasteiger charge is 2.23. The van der Waals surface area contributed by atoms with E-state index in [1.807, 2.05) is 0 Å². The quantitative estimate of drug-likeness (QED) is 0.0269. The lowest BCUT2D eigenvalue weighted by molar-refractivity contribution is -0.161. The number of unbranched alkanes of at least 4 members (excludes halogenated alkanes) is 26. The van der Waals surface area contributed by atoms with Gasteiger partial charge in [0.2, 0.25) is 0 Å². The van der Waals surface area contributed by atoms with E-state index in [0.29, 0.717) is 6.42 Å². The Bertz CT molecular complexity index is 1080. The number of phosphoric acid groups is 1. The Labute approximate surface area is 356 Å². The third-order valence-corrected chi connectivity index (χ3v) is 10.8. The maximum Gasteiger partial charge on any atom is 0.469 e. The topological polar surface area (TPSA) is 119 Å². The standard InChI is InChI=1S/C49H89O8P/c1-3-5-7-9-11-13-15-17-19-21-23-24-26-27-29-31-33-35-37-39-41-43-48(50)55-45-47(46-56-58(52,53)54)57-49(51)44-42-40-38-36-34-32-30-28-25-22-20-18-16-14-12-10-8-6-4-2/h6,8,12,14,18,20,25,28,47H,3-5,7,9-11,13,15-17,19,21-24,26-27,29-46H2,1-2H3,(H2,52,53,54)/b8-6-,14-12-,20-18-,28-25-. The molecule has 0 spiro atoms. The molecule has 0 radical (unpaired) electrons. The summed E-state index contributed by atoms with van der Waals surface area (Å²) in [7, 11) is -4.76. The van der Waals surface area contributed by atoms with Gasteiger partial charge in [0.05, 0.1) is 6.61 Å². The highest BCUT2D eigenvalue weighted by Crippen LogP contribution is 2.36. The largest absolute Gasteiger partial charge is 0.469 e. The molecule has 0 aromatic rings. The van der Waals surface area contributed by atoms with Crippen molar-refractivity contribution in [3.63, 3.8) is 0 Å². The number of carbonyl (C=O) groups excluding carboxylic acids is 2. The summed E-state index contributed by atoms with van der Waals surface area (Å²) in [4.78, 5) is 43.0. The Hall–Kier alpha value is -1.99. The van der Waals surface area contributed by atoms with E-state index in [2.05, 4.69) is 67.0 Å². The number of ether oxygens (including phenoxy) is 2. The van der Waals surface area contributed by atoms with Gasteiger partial charge in [-0.05, 0) is 51.4 Å². The Balaban J connectivity index is 3.85. The molecule has 0 saturated carbocycles. The molecule has 0 aliphatic carbocycles. The summed E-state index contributed by atoms with van der Waals surface area (Å²) in [5.41, 5.74) is 0. The van der Waals surface area contributed by atoms with Crippen LogP contribution in [0, 0.1) is 0 Å². The van der Waals surface area contributed by atoms with Gasteiger partial charge in [-0.15, -0.1) is 0 Å². The summed E-state index contributed by atoms with van der Waals surface area (Å²) >= 11 is 0. The molecule has 0 fully saturated rings. The average Bonchev–Trinajstić information content (AvgIpc) is 3.20. The van der Waals surface area contributed by atoms with Gasteiger partial charge in [-0.25, -0.2) is 4.57 Å². The van der Waals surface area contributed by atoms with Crippen LogP contribution < -0.4 is 0 Å². The summed E-state index contributed by atoms with van der Waals surface area (Å²) in [6.45, 7) is 3.59. The average molecular weight is 837 g/mol. The van der Waals surface area contributed by atoms with Gasteiger partial charge in [-0.1, -0.05) is 217 Å². The van der Waals surface area contributed by atoms with Crippen LogP contribution in [0.1, 0.15) is 232 Å². The first-order chi connectivity index (χ1) is 28.3. The van der Waals surface area contributed by atoms with Crippen molar-refractivity contribution >= 4 is 19.8 Å². The van der Waals surface area contributed by atoms with E-state index in [1.54, 1.807) is 0 Å². The molecule has 0 rings (SSSR count). The van der Waals surface area contributed by atoms with Crippen molar-refractivity contribution < 1.29 is 37.9 Å². The second-order valence-electron chi connectivity index (χ2n) is 16.1. The predicted molar refractivity (Wildman–Crippen MR) is 244 cm³/mol. The van der Waals surface area contributed by atoms with Crippen LogP contribution in [-0.2, 0) is 28.2 Å². The van der Waals surface area contributed by atoms with E-state index in [-0.39, 0.29) is 19.4 Å². The van der Waals surface area contributed by atoms with Gasteiger partial charge in [-0.3, -0.25) is 14.1 Å². The molecule has 8 nitrogen and oxygen atoms in total. The lowest BCUT2D eigenvalue weighted by atomic mass is 10.0. The zero-order valence-electron chi connectivity index (χ0n) is 37.4. The Morgan fingerprint density at radius 1 is 0.466 bits per heavy atom. The first-order valence-corrected chi connectivity index (χ1v) is 25.5. The zero-order valence-corrected chi connectivity index (χ0v) is 38.3. The van der Waals surface area contributed by atoms with Gasteiger partial charge >= 0.3 is 19.8 Å². The van der Waals surface area contributed by atoms with E-state index in [9.17, 15) is 14.2 Å². The van der Waals surface area contributed by atoms with E-state index in [1.165, 1.54) is 116 Å². The van der Waals surface area contributed by atoms with E-state index < -0.39 is 32.5 Å². The van der Waals surface area contributed by atoms with Gasteiger partial charge in [0.1, 0.15) is 6.61 Å². The van der Waals surface area contributed by atoms with Crippen LogP contribution in [0.25, 0.3) is 0 Å². The first-order valence-electron chi connectivity index (χ1n) is 23.9. The summed E-state index contributed by atoms with van der Waals surface area (Å²) in [5.74, 6) is -0.893. The SMILES string of the molecule is CC/C=C\C/C=C\C/C=C\C/C=C\CCCCCCCCC(=O)OC(COC(=O)CCCCCCCCCCCCCCCCCCCCCCC)COP(=O)(O)O. The molecule has 0 aliphatic heterocycles. The summed E-state index contributed by atoms with van der Waals surface area (Å²) in [6.07, 6.45) is 55.5. The highest BCUT2D eigenvalue weighted by atomic mass is 31.2. The normalized spacial score (nSPS) is 12.8. The van der Waals surface area contributed by atoms with Crippen molar-refractivity contribution in [1.82, 2.24) is 0 Å². The second-order valence-corrected chi connectivity index (χ2v) is 17.3. The molecule has 0 saturated heterocycles. The van der Waals surface area contributed by atoms with Crippen molar-refractivity contribution in [1.29, 1.82) is 0 Å². The Kier molecular flexibility index (Phi) is 43.0. The van der Waals surface area contributed by atoms with Crippen LogP contribution >= 0.6 is 7.82 Å². The third-order valence-electron chi connectivity index (χ3n) is 10.4. The minimum absolute atomic E-state index is 0.196. The summed E-state index contributed by atoms with van der Waals surface area (Å²) < 4.78 is 26.5. The molecule has 0 bridgehead atoms. The van der Waals surface area contributed by atoms with Crippen molar-refractivity contribution in [2.75, 3.05) is 13.2 Å². The highest BCUT2D eigenvalue weighted by molar-refractivity contribution is 7.46. The maximum atomic E-state index is 12.4. The van der Waals surface area contributed by atoms with Crippen LogP contribution in [0.4, 0.5) is 0 Å². The van der Waals surface area contributed by atoms with E-state index in [0.717, 1.165) is 83.5 Å². The Morgan fingerprint density at radius 2 is 0.828 bits per heavy atom. The molecule has 58 heavy (non-hydrogen) atoms. The molecule has 1 unspecified atom stereocenters.